The summed E-state index contributed by atoms with van der Waals surface area (Å²) in [7, 11) is 1.68. The SMILES string of the molecule is COCCOc1cccc(-c2cccc3ccccc23)c1. The molecule has 3 aromatic carbocycles. The minimum atomic E-state index is 0.565. The van der Waals surface area contributed by atoms with Crippen LogP contribution in [0.4, 0.5) is 0 Å². The average Bonchev–Trinajstić information content (AvgIpc) is 2.55. The van der Waals surface area contributed by atoms with E-state index < -0.39 is 0 Å². The summed E-state index contributed by atoms with van der Waals surface area (Å²) in [6.07, 6.45) is 0. The summed E-state index contributed by atoms with van der Waals surface area (Å²) in [5.41, 5.74) is 2.40. The van der Waals surface area contributed by atoms with Gasteiger partial charge in [-0.15, -0.1) is 0 Å². The van der Waals surface area contributed by atoms with Crippen LogP contribution in [0, 0.1) is 0 Å². The van der Waals surface area contributed by atoms with Gasteiger partial charge in [0, 0.05) is 7.11 Å². The van der Waals surface area contributed by atoms with Crippen molar-refractivity contribution < 1.29 is 9.47 Å². The number of benzene rings is 3. The Morgan fingerprint density at radius 3 is 2.52 bits per heavy atom. The summed E-state index contributed by atoms with van der Waals surface area (Å²) < 4.78 is 10.7. The van der Waals surface area contributed by atoms with Crippen LogP contribution in [0.2, 0.25) is 0 Å². The lowest BCUT2D eigenvalue weighted by Crippen LogP contribution is -2.04. The highest BCUT2D eigenvalue weighted by atomic mass is 16.5. The van der Waals surface area contributed by atoms with Crippen LogP contribution < -0.4 is 4.74 Å². The van der Waals surface area contributed by atoms with E-state index in [1.54, 1.807) is 7.11 Å². The molecule has 0 bridgehead atoms. The van der Waals surface area contributed by atoms with Gasteiger partial charge >= 0.3 is 0 Å². The molecular weight excluding hydrogens is 260 g/mol. The van der Waals surface area contributed by atoms with E-state index in [1.165, 1.54) is 21.9 Å². The molecule has 0 atom stereocenters. The number of methoxy groups -OCH3 is 1. The highest BCUT2D eigenvalue weighted by Gasteiger charge is 2.04. The van der Waals surface area contributed by atoms with Crippen molar-refractivity contribution in [3.05, 3.63) is 66.7 Å². The third-order valence-corrected chi connectivity index (χ3v) is 3.49. The van der Waals surface area contributed by atoms with Gasteiger partial charge in [-0.05, 0) is 34.0 Å². The van der Waals surface area contributed by atoms with Gasteiger partial charge in [-0.2, -0.15) is 0 Å². The van der Waals surface area contributed by atoms with Gasteiger partial charge in [-0.25, -0.2) is 0 Å². The van der Waals surface area contributed by atoms with Gasteiger partial charge in [-0.1, -0.05) is 54.6 Å². The highest BCUT2D eigenvalue weighted by molar-refractivity contribution is 5.96. The second-order valence-electron chi connectivity index (χ2n) is 4.90. The molecule has 0 aliphatic heterocycles. The third-order valence-electron chi connectivity index (χ3n) is 3.49. The molecule has 0 N–H and O–H groups in total. The van der Waals surface area contributed by atoms with E-state index in [9.17, 15) is 0 Å². The number of ether oxygens (including phenoxy) is 2. The zero-order valence-electron chi connectivity index (χ0n) is 12.1. The van der Waals surface area contributed by atoms with E-state index >= 15 is 0 Å². The molecule has 0 saturated heterocycles. The minimum absolute atomic E-state index is 0.565. The summed E-state index contributed by atoms with van der Waals surface area (Å²) in [6, 6.07) is 23.0. The first kappa shape index (κ1) is 13.7. The van der Waals surface area contributed by atoms with E-state index in [2.05, 4.69) is 54.6 Å². The van der Waals surface area contributed by atoms with Crippen molar-refractivity contribution in [2.24, 2.45) is 0 Å². The standard InChI is InChI=1S/C19H18O2/c1-20-12-13-21-17-9-4-8-16(14-17)19-11-5-7-15-6-2-3-10-18(15)19/h2-11,14H,12-13H2,1H3. The molecule has 0 unspecified atom stereocenters. The van der Waals surface area contributed by atoms with Gasteiger partial charge in [0.1, 0.15) is 12.4 Å². The quantitative estimate of drug-likeness (QED) is 0.638. The monoisotopic (exact) mass is 278 g/mol. The van der Waals surface area contributed by atoms with Gasteiger partial charge in [-0.3, -0.25) is 0 Å². The molecule has 0 spiro atoms. The van der Waals surface area contributed by atoms with E-state index in [0.29, 0.717) is 13.2 Å². The van der Waals surface area contributed by atoms with Crippen LogP contribution in [-0.4, -0.2) is 20.3 Å². The van der Waals surface area contributed by atoms with Gasteiger partial charge < -0.3 is 9.47 Å². The Kier molecular flexibility index (Phi) is 4.17. The van der Waals surface area contributed by atoms with E-state index in [4.69, 9.17) is 9.47 Å². The molecule has 0 aliphatic carbocycles. The van der Waals surface area contributed by atoms with E-state index in [-0.39, 0.29) is 0 Å². The highest BCUT2D eigenvalue weighted by Crippen LogP contribution is 2.30. The van der Waals surface area contributed by atoms with Crippen LogP contribution in [0.1, 0.15) is 0 Å². The fourth-order valence-electron chi connectivity index (χ4n) is 2.47. The Bertz CT molecular complexity index is 729. The first-order chi connectivity index (χ1) is 10.4. The second-order valence-corrected chi connectivity index (χ2v) is 4.90. The predicted molar refractivity (Wildman–Crippen MR) is 86.8 cm³/mol. The van der Waals surface area contributed by atoms with Crippen LogP contribution in [0.15, 0.2) is 66.7 Å². The second kappa shape index (κ2) is 6.42. The molecular formula is C19H18O2. The Morgan fingerprint density at radius 2 is 1.62 bits per heavy atom. The largest absolute Gasteiger partial charge is 0.491 e. The van der Waals surface area contributed by atoms with Crippen LogP contribution in [-0.2, 0) is 4.74 Å². The first-order valence-electron chi connectivity index (χ1n) is 7.08. The van der Waals surface area contributed by atoms with Crippen molar-refractivity contribution in [3.8, 4) is 16.9 Å². The Hall–Kier alpha value is -2.32. The summed E-state index contributed by atoms with van der Waals surface area (Å²) in [5.74, 6) is 0.873. The molecule has 3 aromatic rings. The third kappa shape index (κ3) is 3.06. The normalized spacial score (nSPS) is 10.7. The van der Waals surface area contributed by atoms with Crippen LogP contribution in [0.25, 0.3) is 21.9 Å². The van der Waals surface area contributed by atoms with Crippen molar-refractivity contribution >= 4 is 10.8 Å². The smallest absolute Gasteiger partial charge is 0.120 e. The van der Waals surface area contributed by atoms with E-state index in [1.807, 2.05) is 12.1 Å². The van der Waals surface area contributed by atoms with Gasteiger partial charge in [0.2, 0.25) is 0 Å². The average molecular weight is 278 g/mol. The molecule has 0 aromatic heterocycles. The van der Waals surface area contributed by atoms with Crippen molar-refractivity contribution in [1.29, 1.82) is 0 Å². The van der Waals surface area contributed by atoms with Crippen molar-refractivity contribution in [3.63, 3.8) is 0 Å². The molecule has 0 amide bonds. The molecule has 0 aliphatic rings. The van der Waals surface area contributed by atoms with Gasteiger partial charge in [0.15, 0.2) is 0 Å². The summed E-state index contributed by atoms with van der Waals surface area (Å²) in [4.78, 5) is 0. The zero-order valence-corrected chi connectivity index (χ0v) is 12.1. The molecule has 2 heteroatoms. The maximum absolute atomic E-state index is 5.70. The molecule has 0 radical (unpaired) electrons. The van der Waals surface area contributed by atoms with Crippen molar-refractivity contribution in [2.75, 3.05) is 20.3 Å². The minimum Gasteiger partial charge on any atom is -0.491 e. The maximum Gasteiger partial charge on any atom is 0.120 e. The topological polar surface area (TPSA) is 18.5 Å². The van der Waals surface area contributed by atoms with Gasteiger partial charge in [0.05, 0.1) is 6.61 Å². The Labute approximate surface area is 124 Å². The lowest BCUT2D eigenvalue weighted by molar-refractivity contribution is 0.146. The Morgan fingerprint density at radius 1 is 0.810 bits per heavy atom. The van der Waals surface area contributed by atoms with Gasteiger partial charge in [0.25, 0.3) is 0 Å². The predicted octanol–water partition coefficient (Wildman–Crippen LogP) is 4.53. The fourth-order valence-corrected chi connectivity index (χ4v) is 2.47. The van der Waals surface area contributed by atoms with Crippen LogP contribution in [0.3, 0.4) is 0 Å². The van der Waals surface area contributed by atoms with Crippen LogP contribution in [0.5, 0.6) is 5.75 Å². The maximum atomic E-state index is 5.70. The number of fused-ring (bicyclic) bond motifs is 1. The molecule has 3 rings (SSSR count). The lowest BCUT2D eigenvalue weighted by Gasteiger charge is -2.10. The Balaban J connectivity index is 1.97. The fraction of sp³-hybridized carbons (Fsp3) is 0.158. The lowest BCUT2D eigenvalue weighted by atomic mass is 9.98. The molecule has 0 saturated carbocycles. The number of rotatable bonds is 5. The van der Waals surface area contributed by atoms with Crippen molar-refractivity contribution in [1.82, 2.24) is 0 Å². The summed E-state index contributed by atoms with van der Waals surface area (Å²) >= 11 is 0. The molecule has 0 fully saturated rings. The molecule has 21 heavy (non-hydrogen) atoms. The molecule has 0 heterocycles. The number of hydrogen-bond acceptors (Lipinski definition) is 2. The number of hydrogen-bond donors (Lipinski definition) is 0. The summed E-state index contributed by atoms with van der Waals surface area (Å²) in [6.45, 7) is 1.16. The first-order valence-corrected chi connectivity index (χ1v) is 7.08. The van der Waals surface area contributed by atoms with E-state index in [0.717, 1.165) is 5.75 Å². The molecule has 106 valence electrons. The molecule has 2 nitrogen and oxygen atoms in total. The summed E-state index contributed by atoms with van der Waals surface area (Å²) in [5, 5.41) is 2.51. The zero-order chi connectivity index (χ0) is 14.5. The van der Waals surface area contributed by atoms with Crippen molar-refractivity contribution in [2.45, 2.75) is 0 Å². The van der Waals surface area contributed by atoms with Crippen LogP contribution >= 0.6 is 0 Å².